The monoisotopic (exact) mass is 503 g/mol. The largest absolute Gasteiger partial charge is 0.416 e. The molecule has 0 radical (unpaired) electrons. The van der Waals surface area contributed by atoms with E-state index in [1.165, 1.54) is 25.2 Å². The van der Waals surface area contributed by atoms with Gasteiger partial charge in [0, 0.05) is 25.4 Å². The van der Waals surface area contributed by atoms with Crippen LogP contribution >= 0.6 is 11.8 Å². The molecule has 0 aliphatic rings. The standard InChI is InChI=1S/C22H16F7N3OS/c1-32(11-12-7-13(21(24,25)26)9-14(8-12)22(27,28)29)19(33)16-10-30-20(34-2)31-18(16)15-5-3-4-6-17(15)23/h3-10H,11H2,1-2H3. The summed E-state index contributed by atoms with van der Waals surface area (Å²) in [6.45, 7) is -0.577. The Labute approximate surface area is 193 Å². The van der Waals surface area contributed by atoms with Gasteiger partial charge in [0.15, 0.2) is 5.16 Å². The van der Waals surface area contributed by atoms with Crippen LogP contribution in [0, 0.1) is 5.82 Å². The number of nitrogens with zero attached hydrogens (tertiary/aromatic N) is 3. The van der Waals surface area contributed by atoms with E-state index in [0.29, 0.717) is 12.1 Å². The first-order valence-electron chi connectivity index (χ1n) is 9.51. The number of alkyl halides is 6. The van der Waals surface area contributed by atoms with Gasteiger partial charge >= 0.3 is 12.4 Å². The molecule has 0 bridgehead atoms. The zero-order valence-corrected chi connectivity index (χ0v) is 18.4. The molecule has 1 amide bonds. The maximum absolute atomic E-state index is 14.4. The Kier molecular flexibility index (Phi) is 7.20. The van der Waals surface area contributed by atoms with Crippen LogP contribution in [0.3, 0.4) is 0 Å². The van der Waals surface area contributed by atoms with E-state index in [2.05, 4.69) is 9.97 Å². The molecule has 0 saturated heterocycles. The Morgan fingerprint density at radius 1 is 1.00 bits per heavy atom. The first-order chi connectivity index (χ1) is 15.8. The van der Waals surface area contributed by atoms with Gasteiger partial charge in [-0.25, -0.2) is 14.4 Å². The number of benzene rings is 2. The maximum atomic E-state index is 14.4. The number of carbonyl (C=O) groups is 1. The molecule has 0 spiro atoms. The number of halogens is 7. The third kappa shape index (κ3) is 5.66. The Morgan fingerprint density at radius 3 is 2.12 bits per heavy atom. The van der Waals surface area contributed by atoms with Gasteiger partial charge in [-0.05, 0) is 42.2 Å². The normalized spacial score (nSPS) is 12.0. The second kappa shape index (κ2) is 9.61. The molecular weight excluding hydrogens is 487 g/mol. The summed E-state index contributed by atoms with van der Waals surface area (Å²) >= 11 is 1.14. The van der Waals surface area contributed by atoms with Crippen LogP contribution in [0.1, 0.15) is 27.0 Å². The molecule has 180 valence electrons. The van der Waals surface area contributed by atoms with Gasteiger partial charge in [0.2, 0.25) is 0 Å². The van der Waals surface area contributed by atoms with E-state index in [0.717, 1.165) is 28.9 Å². The maximum Gasteiger partial charge on any atom is 0.416 e. The Balaban J connectivity index is 2.01. The molecule has 0 saturated carbocycles. The first kappa shape index (κ1) is 25.5. The number of hydrogen-bond donors (Lipinski definition) is 0. The van der Waals surface area contributed by atoms with Crippen molar-refractivity contribution in [3.8, 4) is 11.3 Å². The van der Waals surface area contributed by atoms with Gasteiger partial charge < -0.3 is 4.90 Å². The molecule has 12 heteroatoms. The van der Waals surface area contributed by atoms with Gasteiger partial charge in [-0.1, -0.05) is 23.9 Å². The summed E-state index contributed by atoms with van der Waals surface area (Å²) in [6.07, 6.45) is -7.22. The van der Waals surface area contributed by atoms with Crippen molar-refractivity contribution in [1.29, 1.82) is 0 Å². The number of aromatic nitrogens is 2. The summed E-state index contributed by atoms with van der Waals surface area (Å²) < 4.78 is 93.3. The summed E-state index contributed by atoms with van der Waals surface area (Å²) in [7, 11) is 1.20. The molecule has 3 aromatic rings. The SMILES string of the molecule is CSc1ncc(C(=O)N(C)Cc2cc(C(F)(F)F)cc(C(F)(F)F)c2)c(-c2ccccc2F)n1. The fourth-order valence-corrected chi connectivity index (χ4v) is 3.48. The molecular formula is C22H16F7N3OS. The van der Waals surface area contributed by atoms with E-state index >= 15 is 0 Å². The van der Waals surface area contributed by atoms with Crippen molar-refractivity contribution in [3.05, 3.63) is 76.7 Å². The molecule has 0 aliphatic carbocycles. The third-order valence-electron chi connectivity index (χ3n) is 4.72. The molecule has 0 fully saturated rings. The molecule has 1 aromatic heterocycles. The Morgan fingerprint density at radius 2 is 1.59 bits per heavy atom. The van der Waals surface area contributed by atoms with E-state index in [1.807, 2.05) is 0 Å². The summed E-state index contributed by atoms with van der Waals surface area (Å²) in [5, 5.41) is 0.241. The number of rotatable bonds is 5. The second-order valence-electron chi connectivity index (χ2n) is 7.17. The van der Waals surface area contributed by atoms with Crippen LogP contribution in [-0.2, 0) is 18.9 Å². The lowest BCUT2D eigenvalue weighted by Gasteiger charge is -2.21. The van der Waals surface area contributed by atoms with Crippen LogP contribution in [0.25, 0.3) is 11.3 Å². The summed E-state index contributed by atoms with van der Waals surface area (Å²) in [6, 6.07) is 6.62. The fourth-order valence-electron chi connectivity index (χ4n) is 3.14. The third-order valence-corrected chi connectivity index (χ3v) is 5.28. The van der Waals surface area contributed by atoms with Gasteiger partial charge in [0.05, 0.1) is 22.4 Å². The molecule has 34 heavy (non-hydrogen) atoms. The smallest absolute Gasteiger partial charge is 0.337 e. The van der Waals surface area contributed by atoms with Crippen LogP contribution < -0.4 is 0 Å². The lowest BCUT2D eigenvalue weighted by molar-refractivity contribution is -0.143. The van der Waals surface area contributed by atoms with Gasteiger partial charge in [0.1, 0.15) is 5.82 Å². The molecule has 0 aliphatic heterocycles. The molecule has 0 unspecified atom stereocenters. The lowest BCUT2D eigenvalue weighted by atomic mass is 10.0. The summed E-state index contributed by atoms with van der Waals surface area (Å²) in [5.41, 5.74) is -3.57. The number of carbonyl (C=O) groups excluding carboxylic acids is 1. The van der Waals surface area contributed by atoms with E-state index < -0.39 is 41.7 Å². The molecule has 4 nitrogen and oxygen atoms in total. The van der Waals surface area contributed by atoms with Gasteiger partial charge in [-0.3, -0.25) is 4.79 Å². The summed E-state index contributed by atoms with van der Waals surface area (Å²) in [4.78, 5) is 22.2. The minimum absolute atomic E-state index is 0.00428. The number of thioether (sulfide) groups is 1. The van der Waals surface area contributed by atoms with E-state index in [-0.39, 0.29) is 33.6 Å². The van der Waals surface area contributed by atoms with Gasteiger partial charge in [-0.15, -0.1) is 0 Å². The van der Waals surface area contributed by atoms with Crippen LogP contribution in [0.2, 0.25) is 0 Å². The van der Waals surface area contributed by atoms with Crippen molar-refractivity contribution in [1.82, 2.24) is 14.9 Å². The zero-order valence-electron chi connectivity index (χ0n) is 17.6. The van der Waals surface area contributed by atoms with E-state index in [4.69, 9.17) is 0 Å². The highest BCUT2D eigenvalue weighted by Crippen LogP contribution is 2.36. The van der Waals surface area contributed by atoms with E-state index in [1.54, 1.807) is 6.26 Å². The van der Waals surface area contributed by atoms with Crippen LogP contribution in [0.5, 0.6) is 0 Å². The highest BCUT2D eigenvalue weighted by Gasteiger charge is 2.37. The van der Waals surface area contributed by atoms with Crippen molar-refractivity contribution in [2.75, 3.05) is 13.3 Å². The lowest BCUT2D eigenvalue weighted by Crippen LogP contribution is -2.27. The molecule has 0 N–H and O–H groups in total. The fraction of sp³-hybridized carbons (Fsp3) is 0.227. The van der Waals surface area contributed by atoms with Crippen LogP contribution in [-0.4, -0.2) is 34.1 Å². The van der Waals surface area contributed by atoms with Gasteiger partial charge in [-0.2, -0.15) is 26.3 Å². The van der Waals surface area contributed by atoms with Crippen molar-refractivity contribution in [2.24, 2.45) is 0 Å². The summed E-state index contributed by atoms with van der Waals surface area (Å²) in [5.74, 6) is -1.48. The quantitative estimate of drug-likeness (QED) is 0.233. The predicted molar refractivity (Wildman–Crippen MR) is 111 cm³/mol. The Hall–Kier alpha value is -3.15. The zero-order chi connectivity index (χ0) is 25.3. The molecule has 2 aromatic carbocycles. The first-order valence-corrected chi connectivity index (χ1v) is 10.7. The average Bonchev–Trinajstić information content (AvgIpc) is 2.77. The number of amides is 1. The van der Waals surface area contributed by atoms with Crippen molar-refractivity contribution in [2.45, 2.75) is 24.1 Å². The number of hydrogen-bond acceptors (Lipinski definition) is 4. The van der Waals surface area contributed by atoms with E-state index in [9.17, 15) is 35.5 Å². The molecule has 0 atom stereocenters. The highest BCUT2D eigenvalue weighted by atomic mass is 32.2. The second-order valence-corrected chi connectivity index (χ2v) is 7.95. The topological polar surface area (TPSA) is 46.1 Å². The van der Waals surface area contributed by atoms with Crippen LogP contribution in [0.15, 0.2) is 53.8 Å². The minimum atomic E-state index is -5.02. The van der Waals surface area contributed by atoms with Crippen molar-refractivity contribution in [3.63, 3.8) is 0 Å². The van der Waals surface area contributed by atoms with Crippen LogP contribution in [0.4, 0.5) is 30.7 Å². The average molecular weight is 503 g/mol. The van der Waals surface area contributed by atoms with Crippen molar-refractivity contribution >= 4 is 17.7 Å². The Bertz CT molecular complexity index is 1180. The molecule has 3 rings (SSSR count). The molecule has 1 heterocycles. The minimum Gasteiger partial charge on any atom is -0.337 e. The van der Waals surface area contributed by atoms with Crippen molar-refractivity contribution < 1.29 is 35.5 Å². The van der Waals surface area contributed by atoms with Gasteiger partial charge in [0.25, 0.3) is 5.91 Å². The predicted octanol–water partition coefficient (Wildman–Crippen LogP) is 6.31. The highest BCUT2D eigenvalue weighted by molar-refractivity contribution is 7.98.